The molecule has 0 amide bonds. The largest absolute Gasteiger partial charge is 0.389 e. The summed E-state index contributed by atoms with van der Waals surface area (Å²) in [6.07, 6.45) is 2.33. The first-order valence-electron chi connectivity index (χ1n) is 6.08. The van der Waals surface area contributed by atoms with Gasteiger partial charge in [0.15, 0.2) is 0 Å². The van der Waals surface area contributed by atoms with Gasteiger partial charge in [0.1, 0.15) is 4.99 Å². The first-order valence-corrected chi connectivity index (χ1v) is 6.86. The topological polar surface area (TPSA) is 47.3 Å². The van der Waals surface area contributed by atoms with Gasteiger partial charge in [0.25, 0.3) is 0 Å². The van der Waals surface area contributed by atoms with E-state index in [1.54, 1.807) is 6.07 Å². The van der Waals surface area contributed by atoms with Gasteiger partial charge in [-0.25, -0.2) is 0 Å². The third-order valence-corrected chi connectivity index (χ3v) is 3.54. The van der Waals surface area contributed by atoms with E-state index < -0.39 is 0 Å². The van der Waals surface area contributed by atoms with Crippen LogP contribution in [-0.4, -0.2) is 24.7 Å². The third-order valence-electron chi connectivity index (χ3n) is 3.08. The fourth-order valence-electron chi connectivity index (χ4n) is 2.10. The number of rotatable bonds is 4. The Bertz CT molecular complexity index is 433. The molecule has 3 N–H and O–H groups in total. The fourth-order valence-corrected chi connectivity index (χ4v) is 2.44. The summed E-state index contributed by atoms with van der Waals surface area (Å²) in [4.78, 5) is 0.361. The summed E-state index contributed by atoms with van der Waals surface area (Å²) in [6, 6.07) is 5.55. The molecule has 18 heavy (non-hydrogen) atoms. The molecule has 1 aliphatic heterocycles. The summed E-state index contributed by atoms with van der Waals surface area (Å²) in [5.74, 6) is 0.550. The van der Waals surface area contributed by atoms with E-state index in [0.29, 0.717) is 15.9 Å². The van der Waals surface area contributed by atoms with E-state index in [1.807, 2.05) is 12.1 Å². The molecule has 98 valence electrons. The van der Waals surface area contributed by atoms with Gasteiger partial charge >= 0.3 is 0 Å². The molecule has 1 aromatic carbocycles. The average Bonchev–Trinajstić information content (AvgIpc) is 2.38. The Balaban J connectivity index is 2.01. The van der Waals surface area contributed by atoms with Crippen molar-refractivity contribution in [1.82, 2.24) is 0 Å². The smallest absolute Gasteiger partial charge is 0.106 e. The first-order chi connectivity index (χ1) is 8.66. The summed E-state index contributed by atoms with van der Waals surface area (Å²) < 4.78 is 5.46. The van der Waals surface area contributed by atoms with Crippen LogP contribution in [0.5, 0.6) is 0 Å². The van der Waals surface area contributed by atoms with Crippen molar-refractivity contribution in [2.45, 2.75) is 12.8 Å². The summed E-state index contributed by atoms with van der Waals surface area (Å²) in [6.45, 7) is 2.58. The van der Waals surface area contributed by atoms with Gasteiger partial charge in [-0.2, -0.15) is 0 Å². The van der Waals surface area contributed by atoms with Gasteiger partial charge in [0, 0.05) is 29.4 Å². The van der Waals surface area contributed by atoms with Gasteiger partial charge in [0.2, 0.25) is 0 Å². The molecule has 0 spiro atoms. The normalized spacial score (nSPS) is 19.5. The highest BCUT2D eigenvalue weighted by Crippen LogP contribution is 2.22. The lowest BCUT2D eigenvalue weighted by Gasteiger charge is -2.23. The number of benzene rings is 1. The highest BCUT2D eigenvalue weighted by molar-refractivity contribution is 7.80. The van der Waals surface area contributed by atoms with Gasteiger partial charge in [-0.1, -0.05) is 23.8 Å². The molecule has 1 aliphatic rings. The van der Waals surface area contributed by atoms with Gasteiger partial charge in [0.05, 0.1) is 6.61 Å². The number of nitrogens with one attached hydrogen (secondary N) is 1. The van der Waals surface area contributed by atoms with Crippen molar-refractivity contribution in [3.05, 3.63) is 28.8 Å². The number of thiocarbonyl (C=S) groups is 1. The molecule has 0 bridgehead atoms. The maximum atomic E-state index is 5.95. The highest BCUT2D eigenvalue weighted by Gasteiger charge is 2.14. The quantitative estimate of drug-likeness (QED) is 0.835. The lowest BCUT2D eigenvalue weighted by atomic mass is 10.0. The Hall–Kier alpha value is -0.840. The third kappa shape index (κ3) is 3.57. The number of hydrogen-bond donors (Lipinski definition) is 2. The number of ether oxygens (including phenoxy) is 1. The van der Waals surface area contributed by atoms with E-state index in [-0.39, 0.29) is 0 Å². The van der Waals surface area contributed by atoms with Gasteiger partial charge in [-0.3, -0.25) is 0 Å². The Morgan fingerprint density at radius 3 is 3.06 bits per heavy atom. The van der Waals surface area contributed by atoms with Crippen LogP contribution >= 0.6 is 23.8 Å². The van der Waals surface area contributed by atoms with Gasteiger partial charge in [-0.15, -0.1) is 0 Å². The summed E-state index contributed by atoms with van der Waals surface area (Å²) in [7, 11) is 0. The molecule has 1 fully saturated rings. The SMILES string of the molecule is NC(=S)c1cc(Cl)ccc1NCC1CCCOC1. The molecule has 2 rings (SSSR count). The molecular formula is C13H17ClN2OS. The minimum atomic E-state index is 0.361. The highest BCUT2D eigenvalue weighted by atomic mass is 35.5. The predicted octanol–water partition coefficient (Wildman–Crippen LogP) is 2.81. The fraction of sp³-hybridized carbons (Fsp3) is 0.462. The van der Waals surface area contributed by atoms with E-state index in [0.717, 1.165) is 37.4 Å². The molecule has 5 heteroatoms. The summed E-state index contributed by atoms with van der Waals surface area (Å²) in [5.41, 5.74) is 7.44. The lowest BCUT2D eigenvalue weighted by molar-refractivity contribution is 0.0595. The molecule has 0 radical (unpaired) electrons. The van der Waals surface area contributed by atoms with E-state index >= 15 is 0 Å². The molecule has 1 saturated heterocycles. The molecule has 3 nitrogen and oxygen atoms in total. The number of nitrogens with two attached hydrogens (primary N) is 1. The Morgan fingerprint density at radius 2 is 2.39 bits per heavy atom. The van der Waals surface area contributed by atoms with Crippen LogP contribution in [0.25, 0.3) is 0 Å². The standard InChI is InChI=1S/C13H17ClN2OS/c14-10-3-4-12(11(6-10)13(15)18)16-7-9-2-1-5-17-8-9/h3-4,6,9,16H,1-2,5,7-8H2,(H2,15,18). The maximum Gasteiger partial charge on any atom is 0.106 e. The first kappa shape index (κ1) is 13.6. The van der Waals surface area contributed by atoms with Crippen molar-refractivity contribution < 1.29 is 4.74 Å². The molecule has 1 unspecified atom stereocenters. The van der Waals surface area contributed by atoms with Crippen LogP contribution in [0.15, 0.2) is 18.2 Å². The molecule has 0 aliphatic carbocycles. The average molecular weight is 285 g/mol. The zero-order valence-electron chi connectivity index (χ0n) is 10.1. The molecule has 0 saturated carbocycles. The van der Waals surface area contributed by atoms with Crippen molar-refractivity contribution in [3.8, 4) is 0 Å². The van der Waals surface area contributed by atoms with Crippen LogP contribution in [-0.2, 0) is 4.74 Å². The Kier molecular flexibility index (Phi) is 4.80. The minimum Gasteiger partial charge on any atom is -0.389 e. The predicted molar refractivity (Wildman–Crippen MR) is 79.4 cm³/mol. The van der Waals surface area contributed by atoms with Crippen molar-refractivity contribution in [1.29, 1.82) is 0 Å². The van der Waals surface area contributed by atoms with E-state index in [4.69, 9.17) is 34.3 Å². The van der Waals surface area contributed by atoms with Crippen LogP contribution in [0.3, 0.4) is 0 Å². The number of halogens is 1. The van der Waals surface area contributed by atoms with Crippen molar-refractivity contribution in [2.24, 2.45) is 11.7 Å². The van der Waals surface area contributed by atoms with Crippen LogP contribution in [0.1, 0.15) is 18.4 Å². The van der Waals surface area contributed by atoms with Crippen LogP contribution < -0.4 is 11.1 Å². The second-order valence-electron chi connectivity index (χ2n) is 4.52. The molecule has 1 heterocycles. The monoisotopic (exact) mass is 284 g/mol. The minimum absolute atomic E-state index is 0.361. The molecular weight excluding hydrogens is 268 g/mol. The lowest BCUT2D eigenvalue weighted by Crippen LogP contribution is -2.25. The van der Waals surface area contributed by atoms with E-state index in [2.05, 4.69) is 5.32 Å². The number of anilines is 1. The number of hydrogen-bond acceptors (Lipinski definition) is 3. The van der Waals surface area contributed by atoms with E-state index in [9.17, 15) is 0 Å². The summed E-state index contributed by atoms with van der Waals surface area (Å²) >= 11 is 11.0. The zero-order valence-corrected chi connectivity index (χ0v) is 11.7. The molecule has 1 aromatic rings. The van der Waals surface area contributed by atoms with Gasteiger partial charge < -0.3 is 15.8 Å². The Labute approximate surface area is 118 Å². The van der Waals surface area contributed by atoms with Crippen LogP contribution in [0.4, 0.5) is 5.69 Å². The summed E-state index contributed by atoms with van der Waals surface area (Å²) in [5, 5.41) is 4.03. The molecule has 1 atom stereocenters. The van der Waals surface area contributed by atoms with Crippen LogP contribution in [0, 0.1) is 5.92 Å². The molecule has 0 aromatic heterocycles. The zero-order chi connectivity index (χ0) is 13.0. The Morgan fingerprint density at radius 1 is 1.56 bits per heavy atom. The van der Waals surface area contributed by atoms with E-state index in [1.165, 1.54) is 6.42 Å². The van der Waals surface area contributed by atoms with Gasteiger partial charge in [-0.05, 0) is 37.0 Å². The van der Waals surface area contributed by atoms with Crippen molar-refractivity contribution in [2.75, 3.05) is 25.1 Å². The van der Waals surface area contributed by atoms with Crippen molar-refractivity contribution >= 4 is 34.5 Å². The maximum absolute atomic E-state index is 5.95. The second-order valence-corrected chi connectivity index (χ2v) is 5.39. The van der Waals surface area contributed by atoms with Crippen LogP contribution in [0.2, 0.25) is 5.02 Å². The second kappa shape index (κ2) is 6.36. The van der Waals surface area contributed by atoms with Crippen molar-refractivity contribution in [3.63, 3.8) is 0 Å².